The van der Waals surface area contributed by atoms with Gasteiger partial charge in [-0.25, -0.2) is 13.2 Å². The number of halogens is 1. The Hall–Kier alpha value is -1.35. The van der Waals surface area contributed by atoms with Crippen molar-refractivity contribution in [2.24, 2.45) is 0 Å². The highest BCUT2D eigenvalue weighted by Crippen LogP contribution is 2.10. The molecule has 0 aromatic carbocycles. The predicted molar refractivity (Wildman–Crippen MR) is 71.7 cm³/mol. The van der Waals surface area contributed by atoms with E-state index in [4.69, 9.17) is 5.11 Å². The Kier molecular flexibility index (Phi) is 5.12. The molecule has 1 aromatic heterocycles. The van der Waals surface area contributed by atoms with Gasteiger partial charge >= 0.3 is 5.97 Å². The number of H-pyrrole nitrogens is 1. The molecule has 106 valence electrons. The van der Waals surface area contributed by atoms with Gasteiger partial charge in [0.1, 0.15) is 21.6 Å². The lowest BCUT2D eigenvalue weighted by molar-refractivity contribution is -0.139. The number of aromatic nitrogens is 1. The summed E-state index contributed by atoms with van der Waals surface area (Å²) < 4.78 is 22.7. The van der Waals surface area contributed by atoms with Crippen LogP contribution in [0.1, 0.15) is 16.9 Å². The van der Waals surface area contributed by atoms with E-state index >= 15 is 0 Å². The molecule has 0 saturated carbocycles. The smallest absolute Gasteiger partial charge is 0.326 e. The largest absolute Gasteiger partial charge is 0.480 e. The monoisotopic (exact) mass is 352 g/mol. The molecule has 1 unspecified atom stereocenters. The summed E-state index contributed by atoms with van der Waals surface area (Å²) in [7, 11) is -3.28. The number of nitrogens with one attached hydrogen (secondary N) is 2. The molecule has 1 heterocycles. The quantitative estimate of drug-likeness (QED) is 0.684. The predicted octanol–water partition coefficient (Wildman–Crippen LogP) is 0.395. The van der Waals surface area contributed by atoms with Gasteiger partial charge in [0.2, 0.25) is 0 Å². The van der Waals surface area contributed by atoms with Crippen LogP contribution in [0.2, 0.25) is 0 Å². The van der Waals surface area contributed by atoms with Crippen molar-refractivity contribution in [1.29, 1.82) is 0 Å². The van der Waals surface area contributed by atoms with Crippen LogP contribution in [0.5, 0.6) is 0 Å². The fraction of sp³-hybridized carbons (Fsp3) is 0.400. The number of aromatic amines is 1. The fourth-order valence-electron chi connectivity index (χ4n) is 1.32. The third kappa shape index (κ3) is 5.43. The summed E-state index contributed by atoms with van der Waals surface area (Å²) in [5.41, 5.74) is 0.192. The Bertz CT molecular complexity index is 580. The summed E-state index contributed by atoms with van der Waals surface area (Å²) in [5, 5.41) is 11.2. The number of amides is 1. The number of hydrogen-bond donors (Lipinski definition) is 3. The summed E-state index contributed by atoms with van der Waals surface area (Å²) in [6.07, 6.45) is 2.36. The zero-order valence-corrected chi connectivity index (χ0v) is 12.4. The van der Waals surface area contributed by atoms with Gasteiger partial charge in [0.15, 0.2) is 0 Å². The molecule has 1 rings (SSSR count). The topological polar surface area (TPSA) is 116 Å². The van der Waals surface area contributed by atoms with Crippen LogP contribution < -0.4 is 5.32 Å². The highest BCUT2D eigenvalue weighted by Gasteiger charge is 2.22. The average Bonchev–Trinajstić information content (AvgIpc) is 2.69. The van der Waals surface area contributed by atoms with Crippen LogP contribution in [-0.4, -0.2) is 48.4 Å². The van der Waals surface area contributed by atoms with E-state index in [0.717, 1.165) is 6.26 Å². The third-order valence-electron chi connectivity index (χ3n) is 2.27. The Morgan fingerprint density at radius 1 is 1.53 bits per heavy atom. The number of rotatable bonds is 6. The van der Waals surface area contributed by atoms with Gasteiger partial charge in [0, 0.05) is 16.9 Å². The van der Waals surface area contributed by atoms with E-state index in [9.17, 15) is 18.0 Å². The van der Waals surface area contributed by atoms with E-state index in [-0.39, 0.29) is 17.9 Å². The molecule has 0 aliphatic rings. The maximum Gasteiger partial charge on any atom is 0.326 e. The molecule has 0 radical (unpaired) electrons. The number of hydrogen-bond acceptors (Lipinski definition) is 4. The fourth-order valence-corrected chi connectivity index (χ4v) is 2.33. The van der Waals surface area contributed by atoms with E-state index in [1.165, 1.54) is 12.3 Å². The summed E-state index contributed by atoms with van der Waals surface area (Å²) in [6, 6.07) is 0.245. The highest BCUT2D eigenvalue weighted by atomic mass is 79.9. The van der Waals surface area contributed by atoms with Crippen molar-refractivity contribution in [3.8, 4) is 0 Å². The zero-order valence-electron chi connectivity index (χ0n) is 10.0. The highest BCUT2D eigenvalue weighted by molar-refractivity contribution is 9.10. The van der Waals surface area contributed by atoms with Crippen molar-refractivity contribution >= 4 is 37.6 Å². The van der Waals surface area contributed by atoms with E-state index in [1.807, 2.05) is 0 Å². The summed E-state index contributed by atoms with van der Waals surface area (Å²) >= 11 is 3.15. The lowest BCUT2D eigenvalue weighted by atomic mass is 10.2. The minimum Gasteiger partial charge on any atom is -0.480 e. The molecule has 1 amide bonds. The van der Waals surface area contributed by atoms with Crippen LogP contribution in [0.4, 0.5) is 0 Å². The number of carboxylic acid groups (broad SMARTS) is 1. The van der Waals surface area contributed by atoms with Crippen LogP contribution >= 0.6 is 15.9 Å². The molecular formula is C10H13BrN2O5S. The molecule has 0 fully saturated rings. The van der Waals surface area contributed by atoms with Crippen LogP contribution in [0.25, 0.3) is 0 Å². The van der Waals surface area contributed by atoms with Crippen molar-refractivity contribution in [3.05, 3.63) is 22.4 Å². The number of sulfone groups is 1. The first-order valence-electron chi connectivity index (χ1n) is 5.24. The van der Waals surface area contributed by atoms with Gasteiger partial charge in [-0.2, -0.15) is 0 Å². The van der Waals surface area contributed by atoms with Crippen LogP contribution in [0.3, 0.4) is 0 Å². The van der Waals surface area contributed by atoms with E-state index < -0.39 is 27.8 Å². The second kappa shape index (κ2) is 6.20. The number of carbonyl (C=O) groups excluding carboxylic acids is 1. The van der Waals surface area contributed by atoms with Gasteiger partial charge in [-0.1, -0.05) is 0 Å². The first kappa shape index (κ1) is 15.7. The molecule has 1 aromatic rings. The Morgan fingerprint density at radius 3 is 2.58 bits per heavy atom. The Morgan fingerprint density at radius 2 is 2.16 bits per heavy atom. The minimum absolute atomic E-state index is 0.179. The molecule has 0 saturated heterocycles. The number of carboxylic acids is 1. The van der Waals surface area contributed by atoms with Gasteiger partial charge in [0.05, 0.1) is 5.75 Å². The minimum atomic E-state index is -3.28. The van der Waals surface area contributed by atoms with Crippen molar-refractivity contribution in [3.63, 3.8) is 0 Å². The van der Waals surface area contributed by atoms with Crippen molar-refractivity contribution in [2.45, 2.75) is 12.5 Å². The van der Waals surface area contributed by atoms with E-state index in [2.05, 4.69) is 26.2 Å². The Balaban J connectivity index is 2.68. The first-order chi connectivity index (χ1) is 8.69. The van der Waals surface area contributed by atoms with Gasteiger partial charge in [0.25, 0.3) is 5.91 Å². The SMILES string of the molecule is CS(=O)(=O)CCC(NC(=O)c1cc(Br)c[nH]1)C(=O)O. The second-order valence-corrected chi connectivity index (χ2v) is 7.19. The van der Waals surface area contributed by atoms with Crippen molar-refractivity contribution in [2.75, 3.05) is 12.0 Å². The zero-order chi connectivity index (χ0) is 14.6. The molecule has 19 heavy (non-hydrogen) atoms. The van der Waals surface area contributed by atoms with Crippen LogP contribution in [0.15, 0.2) is 16.7 Å². The molecule has 3 N–H and O–H groups in total. The van der Waals surface area contributed by atoms with Crippen molar-refractivity contribution in [1.82, 2.24) is 10.3 Å². The molecule has 0 aliphatic heterocycles. The Labute approximate surface area is 118 Å². The molecule has 0 bridgehead atoms. The van der Waals surface area contributed by atoms with Crippen LogP contribution in [0, 0.1) is 0 Å². The summed E-state index contributed by atoms with van der Waals surface area (Å²) in [5.74, 6) is -2.19. The lowest BCUT2D eigenvalue weighted by Gasteiger charge is -2.13. The van der Waals surface area contributed by atoms with Gasteiger partial charge in [-0.15, -0.1) is 0 Å². The first-order valence-corrected chi connectivity index (χ1v) is 8.09. The molecule has 9 heteroatoms. The van der Waals surface area contributed by atoms with Gasteiger partial charge < -0.3 is 15.4 Å². The summed E-state index contributed by atoms with van der Waals surface area (Å²) in [6.45, 7) is 0. The lowest BCUT2D eigenvalue weighted by Crippen LogP contribution is -2.42. The van der Waals surface area contributed by atoms with E-state index in [1.54, 1.807) is 0 Å². The second-order valence-electron chi connectivity index (χ2n) is 4.01. The maximum atomic E-state index is 11.7. The molecular weight excluding hydrogens is 340 g/mol. The van der Waals surface area contributed by atoms with Gasteiger partial charge in [-0.3, -0.25) is 4.79 Å². The van der Waals surface area contributed by atoms with Crippen molar-refractivity contribution < 1.29 is 23.1 Å². The molecule has 0 spiro atoms. The molecule has 1 atom stereocenters. The van der Waals surface area contributed by atoms with Gasteiger partial charge in [-0.05, 0) is 28.4 Å². The molecule has 7 nitrogen and oxygen atoms in total. The third-order valence-corrected chi connectivity index (χ3v) is 3.71. The average molecular weight is 353 g/mol. The standard InChI is InChI=1S/C10H13BrN2O5S/c1-19(17,18)3-2-7(10(15)16)13-9(14)8-4-6(11)5-12-8/h4-5,7,12H,2-3H2,1H3,(H,13,14)(H,15,16). The van der Waals surface area contributed by atoms with Crippen LogP contribution in [-0.2, 0) is 14.6 Å². The number of carbonyl (C=O) groups is 2. The van der Waals surface area contributed by atoms with E-state index in [0.29, 0.717) is 4.47 Å². The number of aliphatic carboxylic acids is 1. The molecule has 0 aliphatic carbocycles. The normalized spacial score (nSPS) is 12.9. The summed E-state index contributed by atoms with van der Waals surface area (Å²) in [4.78, 5) is 25.3. The maximum absolute atomic E-state index is 11.7.